The number of hydrogen-bond donors (Lipinski definition) is 2. The van der Waals surface area contributed by atoms with Gasteiger partial charge in [-0.2, -0.15) is 0 Å². The van der Waals surface area contributed by atoms with E-state index in [4.69, 9.17) is 4.42 Å². The van der Waals surface area contributed by atoms with Crippen molar-refractivity contribution in [2.45, 2.75) is 31.8 Å². The Kier molecular flexibility index (Phi) is 8.43. The predicted molar refractivity (Wildman–Crippen MR) is 110 cm³/mol. The summed E-state index contributed by atoms with van der Waals surface area (Å²) in [6, 6.07) is 9.02. The highest BCUT2D eigenvalue weighted by atomic mass is 127. The van der Waals surface area contributed by atoms with Gasteiger partial charge in [0, 0.05) is 12.8 Å². The SMILES string of the molecule is CCNC(=NCc1ccc(S(C)(=O)=O)c(C)c1)NCc1ccco1.I. The number of nitrogens with zero attached hydrogens (tertiary/aromatic N) is 1. The summed E-state index contributed by atoms with van der Waals surface area (Å²) < 4.78 is 28.6. The molecular formula is C17H24IN3O3S. The Morgan fingerprint density at radius 2 is 2.00 bits per heavy atom. The summed E-state index contributed by atoms with van der Waals surface area (Å²) in [5, 5.41) is 6.36. The molecule has 0 spiro atoms. The molecular weight excluding hydrogens is 453 g/mol. The van der Waals surface area contributed by atoms with E-state index in [1.54, 1.807) is 25.3 Å². The van der Waals surface area contributed by atoms with E-state index in [-0.39, 0.29) is 24.0 Å². The fourth-order valence-corrected chi connectivity index (χ4v) is 3.28. The van der Waals surface area contributed by atoms with Crippen molar-refractivity contribution in [1.29, 1.82) is 0 Å². The van der Waals surface area contributed by atoms with Gasteiger partial charge < -0.3 is 15.1 Å². The summed E-state index contributed by atoms with van der Waals surface area (Å²) in [6.07, 6.45) is 2.85. The Hall–Kier alpha value is -1.55. The van der Waals surface area contributed by atoms with E-state index in [1.807, 2.05) is 25.1 Å². The van der Waals surface area contributed by atoms with Crippen LogP contribution in [0.3, 0.4) is 0 Å². The molecule has 138 valence electrons. The molecule has 2 aromatic rings. The van der Waals surface area contributed by atoms with Crippen molar-refractivity contribution in [3.63, 3.8) is 0 Å². The van der Waals surface area contributed by atoms with E-state index in [2.05, 4.69) is 15.6 Å². The van der Waals surface area contributed by atoms with Crippen molar-refractivity contribution in [2.24, 2.45) is 4.99 Å². The Labute approximate surface area is 166 Å². The molecule has 25 heavy (non-hydrogen) atoms. The number of rotatable bonds is 6. The maximum Gasteiger partial charge on any atom is 0.191 e. The Morgan fingerprint density at radius 3 is 2.56 bits per heavy atom. The lowest BCUT2D eigenvalue weighted by Gasteiger charge is -2.11. The fraction of sp³-hybridized carbons (Fsp3) is 0.353. The number of benzene rings is 1. The standard InChI is InChI=1S/C17H23N3O3S.HI/c1-4-18-17(20-12-15-6-5-9-23-15)19-11-14-7-8-16(13(2)10-14)24(3,21)22;/h5-10H,4,11-12H2,1-3H3,(H2,18,19,20);1H. The van der Waals surface area contributed by atoms with Gasteiger partial charge in [-0.05, 0) is 43.2 Å². The van der Waals surface area contributed by atoms with Crippen LogP contribution in [0.15, 0.2) is 50.9 Å². The number of furan rings is 1. The second-order valence-electron chi connectivity index (χ2n) is 5.50. The highest BCUT2D eigenvalue weighted by Gasteiger charge is 2.10. The van der Waals surface area contributed by atoms with Crippen LogP contribution in [0.4, 0.5) is 0 Å². The molecule has 1 aromatic carbocycles. The third-order valence-electron chi connectivity index (χ3n) is 3.41. The molecule has 0 unspecified atom stereocenters. The minimum absolute atomic E-state index is 0. The average Bonchev–Trinajstić information content (AvgIpc) is 3.02. The number of hydrogen-bond acceptors (Lipinski definition) is 4. The van der Waals surface area contributed by atoms with E-state index in [0.717, 1.165) is 23.4 Å². The lowest BCUT2D eigenvalue weighted by Crippen LogP contribution is -2.36. The van der Waals surface area contributed by atoms with Crippen LogP contribution in [0, 0.1) is 6.92 Å². The monoisotopic (exact) mass is 477 g/mol. The molecule has 0 amide bonds. The lowest BCUT2D eigenvalue weighted by molar-refractivity contribution is 0.501. The normalized spacial score (nSPS) is 11.7. The smallest absolute Gasteiger partial charge is 0.191 e. The molecule has 0 aliphatic carbocycles. The third kappa shape index (κ3) is 6.69. The van der Waals surface area contributed by atoms with Crippen molar-refractivity contribution in [1.82, 2.24) is 10.6 Å². The van der Waals surface area contributed by atoms with Gasteiger partial charge in [-0.25, -0.2) is 13.4 Å². The van der Waals surface area contributed by atoms with Crippen molar-refractivity contribution in [3.8, 4) is 0 Å². The van der Waals surface area contributed by atoms with Gasteiger partial charge in [0.1, 0.15) is 5.76 Å². The summed E-state index contributed by atoms with van der Waals surface area (Å²) in [4.78, 5) is 4.88. The Bertz CT molecular complexity index is 803. The lowest BCUT2D eigenvalue weighted by atomic mass is 10.1. The molecule has 0 fully saturated rings. The van der Waals surface area contributed by atoms with Gasteiger partial charge in [0.2, 0.25) is 0 Å². The number of aliphatic imine (C=N–C) groups is 1. The van der Waals surface area contributed by atoms with Crippen LogP contribution in [0.25, 0.3) is 0 Å². The first kappa shape index (κ1) is 21.5. The first-order valence-corrected chi connectivity index (χ1v) is 9.63. The molecule has 2 rings (SSSR count). The fourth-order valence-electron chi connectivity index (χ4n) is 2.32. The van der Waals surface area contributed by atoms with E-state index in [0.29, 0.717) is 23.9 Å². The molecule has 0 saturated heterocycles. The predicted octanol–water partition coefficient (Wildman–Crippen LogP) is 2.86. The highest BCUT2D eigenvalue weighted by molar-refractivity contribution is 14.0. The van der Waals surface area contributed by atoms with Crippen LogP contribution in [-0.2, 0) is 22.9 Å². The molecule has 1 aromatic heterocycles. The summed E-state index contributed by atoms with van der Waals surface area (Å²) in [7, 11) is -3.19. The Balaban J connectivity index is 0.00000312. The summed E-state index contributed by atoms with van der Waals surface area (Å²) in [5.41, 5.74) is 1.69. The molecule has 0 saturated carbocycles. The van der Waals surface area contributed by atoms with Gasteiger partial charge in [-0.15, -0.1) is 24.0 Å². The molecule has 0 aliphatic heterocycles. The zero-order valence-corrected chi connectivity index (χ0v) is 17.7. The van der Waals surface area contributed by atoms with Gasteiger partial charge in [0.15, 0.2) is 15.8 Å². The van der Waals surface area contributed by atoms with E-state index in [1.165, 1.54) is 6.26 Å². The number of sulfone groups is 1. The highest BCUT2D eigenvalue weighted by Crippen LogP contribution is 2.17. The van der Waals surface area contributed by atoms with Crippen molar-refractivity contribution in [3.05, 3.63) is 53.5 Å². The molecule has 0 aliphatic rings. The largest absolute Gasteiger partial charge is 0.467 e. The van der Waals surface area contributed by atoms with E-state index in [9.17, 15) is 8.42 Å². The molecule has 0 bridgehead atoms. The second-order valence-corrected chi connectivity index (χ2v) is 7.48. The van der Waals surface area contributed by atoms with E-state index < -0.39 is 9.84 Å². The van der Waals surface area contributed by atoms with Crippen LogP contribution in [0.1, 0.15) is 23.8 Å². The number of halogens is 1. The van der Waals surface area contributed by atoms with Crippen molar-refractivity contribution in [2.75, 3.05) is 12.8 Å². The summed E-state index contributed by atoms with van der Waals surface area (Å²) in [6.45, 7) is 5.54. The minimum Gasteiger partial charge on any atom is -0.467 e. The third-order valence-corrected chi connectivity index (χ3v) is 4.67. The average molecular weight is 477 g/mol. The second kappa shape index (κ2) is 9.81. The summed E-state index contributed by atoms with van der Waals surface area (Å²) in [5.74, 6) is 1.51. The van der Waals surface area contributed by atoms with Gasteiger partial charge >= 0.3 is 0 Å². The van der Waals surface area contributed by atoms with Crippen LogP contribution in [-0.4, -0.2) is 27.2 Å². The molecule has 2 N–H and O–H groups in total. The van der Waals surface area contributed by atoms with Crippen molar-refractivity contribution < 1.29 is 12.8 Å². The van der Waals surface area contributed by atoms with Crippen LogP contribution in [0.2, 0.25) is 0 Å². The van der Waals surface area contributed by atoms with Crippen LogP contribution < -0.4 is 10.6 Å². The maximum absolute atomic E-state index is 11.7. The molecule has 0 radical (unpaired) electrons. The minimum atomic E-state index is -3.19. The molecule has 0 atom stereocenters. The topological polar surface area (TPSA) is 83.7 Å². The number of aryl methyl sites for hydroxylation is 1. The Morgan fingerprint density at radius 1 is 1.24 bits per heavy atom. The maximum atomic E-state index is 11.7. The first-order valence-electron chi connectivity index (χ1n) is 7.74. The number of nitrogens with one attached hydrogen (secondary N) is 2. The zero-order valence-electron chi connectivity index (χ0n) is 14.6. The molecule has 6 nitrogen and oxygen atoms in total. The van der Waals surface area contributed by atoms with E-state index >= 15 is 0 Å². The van der Waals surface area contributed by atoms with Gasteiger partial charge in [-0.1, -0.05) is 12.1 Å². The van der Waals surface area contributed by atoms with Crippen molar-refractivity contribution >= 4 is 39.8 Å². The molecule has 8 heteroatoms. The van der Waals surface area contributed by atoms with Gasteiger partial charge in [-0.3, -0.25) is 0 Å². The first-order chi connectivity index (χ1) is 11.4. The zero-order chi connectivity index (χ0) is 17.6. The quantitative estimate of drug-likeness (QED) is 0.380. The van der Waals surface area contributed by atoms with Gasteiger partial charge in [0.25, 0.3) is 0 Å². The van der Waals surface area contributed by atoms with Crippen LogP contribution >= 0.6 is 24.0 Å². The number of guanidine groups is 1. The van der Waals surface area contributed by atoms with Crippen LogP contribution in [0.5, 0.6) is 0 Å². The summed E-state index contributed by atoms with van der Waals surface area (Å²) >= 11 is 0. The molecule has 1 heterocycles. The van der Waals surface area contributed by atoms with Gasteiger partial charge in [0.05, 0.1) is 24.2 Å².